The summed E-state index contributed by atoms with van der Waals surface area (Å²) in [5.41, 5.74) is 3.81. The maximum absolute atomic E-state index is 12.1. The van der Waals surface area contributed by atoms with Crippen molar-refractivity contribution in [2.75, 3.05) is 0 Å². The smallest absolute Gasteiger partial charge is 0.163 e. The van der Waals surface area contributed by atoms with E-state index in [1.165, 1.54) is 5.56 Å². The maximum Gasteiger partial charge on any atom is 0.163 e. The normalized spacial score (nSPS) is 10.6. The summed E-state index contributed by atoms with van der Waals surface area (Å²) in [6, 6.07) is 20.1. The number of Topliss-reactive ketones (excluding diaryl/α,β-unsaturated/α-hetero) is 1. The lowest BCUT2D eigenvalue weighted by molar-refractivity contribution is 0.101. The molecule has 0 fully saturated rings. The molecule has 1 heterocycles. The van der Waals surface area contributed by atoms with Crippen LogP contribution in [0.4, 0.5) is 0 Å². The van der Waals surface area contributed by atoms with Gasteiger partial charge >= 0.3 is 0 Å². The SMILES string of the molecule is CC(=O)c1c(C)oc(Cc2ccccc2)c1-c1ccccc1. The molecule has 0 atom stereocenters. The van der Waals surface area contributed by atoms with Crippen LogP contribution in [0.2, 0.25) is 0 Å². The molecule has 0 saturated heterocycles. The largest absolute Gasteiger partial charge is 0.465 e. The predicted octanol–water partition coefficient (Wildman–Crippen LogP) is 5.05. The van der Waals surface area contributed by atoms with E-state index in [-0.39, 0.29) is 5.78 Å². The van der Waals surface area contributed by atoms with Crippen LogP contribution in [0.15, 0.2) is 65.1 Å². The monoisotopic (exact) mass is 290 g/mol. The molecule has 0 aliphatic heterocycles. The number of carbonyl (C=O) groups excluding carboxylic acids is 1. The second-order valence-electron chi connectivity index (χ2n) is 5.42. The van der Waals surface area contributed by atoms with Gasteiger partial charge in [-0.1, -0.05) is 60.7 Å². The Hall–Kier alpha value is -2.61. The van der Waals surface area contributed by atoms with Crippen LogP contribution in [0.25, 0.3) is 11.1 Å². The third-order valence-corrected chi connectivity index (χ3v) is 3.78. The first-order chi connectivity index (χ1) is 10.7. The second kappa shape index (κ2) is 6.02. The van der Waals surface area contributed by atoms with Crippen molar-refractivity contribution in [2.24, 2.45) is 0 Å². The number of ketones is 1. The topological polar surface area (TPSA) is 30.2 Å². The summed E-state index contributed by atoms with van der Waals surface area (Å²) in [7, 11) is 0. The number of carbonyl (C=O) groups is 1. The van der Waals surface area contributed by atoms with Gasteiger partial charge in [-0.05, 0) is 25.0 Å². The van der Waals surface area contributed by atoms with E-state index in [4.69, 9.17) is 4.42 Å². The van der Waals surface area contributed by atoms with Gasteiger partial charge in [0, 0.05) is 12.0 Å². The van der Waals surface area contributed by atoms with Gasteiger partial charge in [-0.3, -0.25) is 4.79 Å². The number of hydrogen-bond donors (Lipinski definition) is 0. The van der Waals surface area contributed by atoms with Crippen molar-refractivity contribution < 1.29 is 9.21 Å². The Balaban J connectivity index is 2.14. The minimum Gasteiger partial charge on any atom is -0.465 e. The third kappa shape index (κ3) is 2.73. The van der Waals surface area contributed by atoms with Gasteiger partial charge in [0.05, 0.1) is 5.56 Å². The highest BCUT2D eigenvalue weighted by atomic mass is 16.3. The van der Waals surface area contributed by atoms with E-state index in [1.54, 1.807) is 6.92 Å². The Morgan fingerprint density at radius 1 is 0.955 bits per heavy atom. The molecule has 110 valence electrons. The fourth-order valence-corrected chi connectivity index (χ4v) is 2.84. The van der Waals surface area contributed by atoms with Gasteiger partial charge in [-0.25, -0.2) is 0 Å². The van der Waals surface area contributed by atoms with Gasteiger partial charge in [0.1, 0.15) is 11.5 Å². The van der Waals surface area contributed by atoms with E-state index < -0.39 is 0 Å². The summed E-state index contributed by atoms with van der Waals surface area (Å²) >= 11 is 0. The van der Waals surface area contributed by atoms with Crippen LogP contribution in [0, 0.1) is 6.92 Å². The van der Waals surface area contributed by atoms with Crippen molar-refractivity contribution in [1.29, 1.82) is 0 Å². The lowest BCUT2D eigenvalue weighted by Gasteiger charge is -2.05. The fraction of sp³-hybridized carbons (Fsp3) is 0.150. The first kappa shape index (κ1) is 14.3. The van der Waals surface area contributed by atoms with Crippen molar-refractivity contribution in [1.82, 2.24) is 0 Å². The van der Waals surface area contributed by atoms with Crippen LogP contribution in [0.1, 0.15) is 34.4 Å². The van der Waals surface area contributed by atoms with Crippen molar-refractivity contribution in [3.8, 4) is 11.1 Å². The van der Waals surface area contributed by atoms with Gasteiger partial charge < -0.3 is 4.42 Å². The van der Waals surface area contributed by atoms with Crippen molar-refractivity contribution >= 4 is 5.78 Å². The summed E-state index contributed by atoms with van der Waals surface area (Å²) in [6.45, 7) is 3.45. The van der Waals surface area contributed by atoms with Crippen LogP contribution >= 0.6 is 0 Å². The molecule has 2 nitrogen and oxygen atoms in total. The summed E-state index contributed by atoms with van der Waals surface area (Å²) in [6.07, 6.45) is 0.680. The molecule has 1 aromatic heterocycles. The van der Waals surface area contributed by atoms with Crippen LogP contribution < -0.4 is 0 Å². The molecule has 0 N–H and O–H groups in total. The van der Waals surface area contributed by atoms with Crippen molar-refractivity contribution in [3.05, 3.63) is 83.3 Å². The van der Waals surface area contributed by atoms with Crippen LogP contribution in [0.3, 0.4) is 0 Å². The molecule has 0 aliphatic carbocycles. The van der Waals surface area contributed by atoms with E-state index in [9.17, 15) is 4.79 Å². The molecule has 0 unspecified atom stereocenters. The van der Waals surface area contributed by atoms with Crippen LogP contribution in [-0.4, -0.2) is 5.78 Å². The molecule has 0 radical (unpaired) electrons. The molecule has 0 spiro atoms. The molecule has 0 saturated carbocycles. The zero-order chi connectivity index (χ0) is 15.5. The number of hydrogen-bond acceptors (Lipinski definition) is 2. The average Bonchev–Trinajstić information content (AvgIpc) is 2.85. The first-order valence-corrected chi connectivity index (χ1v) is 7.39. The molecule has 22 heavy (non-hydrogen) atoms. The minimum atomic E-state index is 0.0411. The summed E-state index contributed by atoms with van der Waals surface area (Å²) in [5.74, 6) is 1.58. The predicted molar refractivity (Wildman–Crippen MR) is 88.1 cm³/mol. The van der Waals surface area contributed by atoms with Crippen molar-refractivity contribution in [2.45, 2.75) is 20.3 Å². The molecule has 0 amide bonds. The van der Waals surface area contributed by atoms with E-state index in [0.29, 0.717) is 17.7 Å². The molecule has 3 aromatic rings. The summed E-state index contributed by atoms with van der Waals surface area (Å²) in [4.78, 5) is 12.1. The first-order valence-electron chi connectivity index (χ1n) is 7.39. The Bertz CT molecular complexity index is 783. The van der Waals surface area contributed by atoms with E-state index >= 15 is 0 Å². The Morgan fingerprint density at radius 2 is 1.55 bits per heavy atom. The van der Waals surface area contributed by atoms with Gasteiger partial charge in [-0.2, -0.15) is 0 Å². The maximum atomic E-state index is 12.1. The number of rotatable bonds is 4. The molecule has 2 heteroatoms. The van der Waals surface area contributed by atoms with E-state index in [2.05, 4.69) is 12.1 Å². The highest BCUT2D eigenvalue weighted by Gasteiger charge is 2.22. The highest BCUT2D eigenvalue weighted by molar-refractivity contribution is 6.02. The quantitative estimate of drug-likeness (QED) is 0.629. The van der Waals surface area contributed by atoms with E-state index in [1.807, 2.05) is 55.5 Å². The molecule has 3 rings (SSSR count). The highest BCUT2D eigenvalue weighted by Crippen LogP contribution is 2.34. The molecular formula is C20H18O2. The zero-order valence-corrected chi connectivity index (χ0v) is 12.8. The molecule has 0 aliphatic rings. The van der Waals surface area contributed by atoms with E-state index in [0.717, 1.165) is 16.9 Å². The van der Waals surface area contributed by atoms with Crippen molar-refractivity contribution in [3.63, 3.8) is 0 Å². The lowest BCUT2D eigenvalue weighted by atomic mass is 9.96. The fourth-order valence-electron chi connectivity index (χ4n) is 2.84. The minimum absolute atomic E-state index is 0.0411. The lowest BCUT2D eigenvalue weighted by Crippen LogP contribution is -1.97. The zero-order valence-electron chi connectivity index (χ0n) is 12.8. The third-order valence-electron chi connectivity index (χ3n) is 3.78. The van der Waals surface area contributed by atoms with Gasteiger partial charge in [-0.15, -0.1) is 0 Å². The molecule has 0 bridgehead atoms. The summed E-state index contributed by atoms with van der Waals surface area (Å²) < 4.78 is 5.94. The Kier molecular flexibility index (Phi) is 3.92. The second-order valence-corrected chi connectivity index (χ2v) is 5.42. The standard InChI is InChI=1S/C20H18O2/c1-14(21)19-15(2)22-18(13-16-9-5-3-6-10-16)20(19)17-11-7-4-8-12-17/h3-12H,13H2,1-2H3. The number of benzene rings is 2. The summed E-state index contributed by atoms with van der Waals surface area (Å²) in [5, 5.41) is 0. The number of aryl methyl sites for hydroxylation is 1. The van der Waals surface area contributed by atoms with Gasteiger partial charge in [0.15, 0.2) is 5.78 Å². The molecule has 2 aromatic carbocycles. The molecular weight excluding hydrogens is 272 g/mol. The average molecular weight is 290 g/mol. The Labute approximate surface area is 130 Å². The van der Waals surface area contributed by atoms with Gasteiger partial charge in [0.25, 0.3) is 0 Å². The number of furan rings is 1. The van der Waals surface area contributed by atoms with Crippen LogP contribution in [0.5, 0.6) is 0 Å². The Morgan fingerprint density at radius 3 is 2.14 bits per heavy atom. The van der Waals surface area contributed by atoms with Gasteiger partial charge in [0.2, 0.25) is 0 Å². The van der Waals surface area contributed by atoms with Crippen LogP contribution in [-0.2, 0) is 6.42 Å².